The van der Waals surface area contributed by atoms with Gasteiger partial charge in [0.15, 0.2) is 0 Å². The van der Waals surface area contributed by atoms with E-state index in [0.29, 0.717) is 0 Å². The van der Waals surface area contributed by atoms with Crippen LogP contribution in [-0.2, 0) is 19.4 Å². The summed E-state index contributed by atoms with van der Waals surface area (Å²) < 4.78 is 39.1. The first-order valence-electron chi connectivity index (χ1n) is 1.35. The molecular formula is H4Al2O7Si. The van der Waals surface area contributed by atoms with Gasteiger partial charge in [0.1, 0.15) is 0 Å². The van der Waals surface area contributed by atoms with Gasteiger partial charge in [0.05, 0.1) is 0 Å². The minimum absolute atomic E-state index is 0. The predicted octanol–water partition coefficient (Wildman–Crippen LogP) is -3.34. The Morgan fingerprint density at radius 1 is 1.00 bits per heavy atom. The Hall–Kier alpha value is 0.202. The topological polar surface area (TPSA) is 141 Å². The van der Waals surface area contributed by atoms with E-state index in [9.17, 15) is 7.61 Å². The fraction of sp³-hybridized carbons (Fsp3) is 0. The van der Waals surface area contributed by atoms with E-state index in [1.807, 2.05) is 0 Å². The van der Waals surface area contributed by atoms with Gasteiger partial charge < -0.3 is 11.0 Å². The molecule has 0 amide bonds. The van der Waals surface area contributed by atoms with Crippen molar-refractivity contribution in [3.63, 3.8) is 0 Å². The van der Waals surface area contributed by atoms with Gasteiger partial charge in [0, 0.05) is 0 Å². The predicted molar refractivity (Wildman–Crippen MR) is 28.3 cm³/mol. The molecule has 7 nitrogen and oxygen atoms in total. The zero-order chi connectivity index (χ0) is 6.83. The molecule has 0 heterocycles. The van der Waals surface area contributed by atoms with Crippen molar-refractivity contribution in [2.24, 2.45) is 0 Å². The Morgan fingerprint density at radius 3 is 1.20 bits per heavy atom. The summed E-state index contributed by atoms with van der Waals surface area (Å²) >= 11 is -2.48. The second-order valence-electron chi connectivity index (χ2n) is 0.412. The van der Waals surface area contributed by atoms with Crippen LogP contribution in [0.25, 0.3) is 0 Å². The molecule has 0 rings (SSSR count). The molecule has 0 fully saturated rings. The standard InChI is InChI=1S/2Al.O2Si.2H2O.3O/c;;1-3-2;;;;;/h;;;2*1H2;;;. The molecule has 10 heavy (non-hydrogen) atoms. The normalized spacial score (nSPS) is 2.80. The fourth-order valence-electron chi connectivity index (χ4n) is 0.0227. The number of hydrogen-bond donors (Lipinski definition) is 0. The van der Waals surface area contributed by atoms with Crippen molar-refractivity contribution < 1.29 is 30.3 Å². The van der Waals surface area contributed by atoms with E-state index in [-0.39, 0.29) is 11.0 Å². The van der Waals surface area contributed by atoms with E-state index in [1.165, 1.54) is 0 Å². The van der Waals surface area contributed by atoms with Crippen LogP contribution in [0.5, 0.6) is 0 Å². The van der Waals surface area contributed by atoms with Gasteiger partial charge in [-0.05, 0) is 0 Å². The summed E-state index contributed by atoms with van der Waals surface area (Å²) in [4.78, 5) is 0. The van der Waals surface area contributed by atoms with Crippen molar-refractivity contribution in [2.75, 3.05) is 0 Å². The van der Waals surface area contributed by atoms with Crippen LogP contribution in [0, 0.1) is 0 Å². The van der Waals surface area contributed by atoms with E-state index < -0.39 is 40.3 Å². The zero-order valence-corrected chi connectivity index (χ0v) is 8.01. The number of rotatable bonds is 2. The molecule has 56 valence electrons. The average molecular weight is 198 g/mol. The molecule has 0 aromatic carbocycles. The van der Waals surface area contributed by atoms with Gasteiger partial charge in [-0.1, -0.05) is 0 Å². The summed E-state index contributed by atoms with van der Waals surface area (Å²) in [5, 5.41) is 0. The Labute approximate surface area is 70.8 Å². The molecule has 0 spiro atoms. The van der Waals surface area contributed by atoms with Gasteiger partial charge in [-0.15, -0.1) is 0 Å². The van der Waals surface area contributed by atoms with Crippen molar-refractivity contribution in [1.29, 1.82) is 0 Å². The van der Waals surface area contributed by atoms with Crippen LogP contribution in [-0.4, -0.2) is 51.2 Å². The quantitative estimate of drug-likeness (QED) is 0.426. The van der Waals surface area contributed by atoms with Gasteiger partial charge in [-0.2, -0.15) is 0 Å². The van der Waals surface area contributed by atoms with Crippen molar-refractivity contribution in [3.05, 3.63) is 0 Å². The molecule has 10 heteroatoms. The van der Waals surface area contributed by atoms with Gasteiger partial charge in [0.2, 0.25) is 0 Å². The third kappa shape index (κ3) is 87.7. The van der Waals surface area contributed by atoms with E-state index in [4.69, 9.17) is 8.92 Å². The fourth-order valence-corrected chi connectivity index (χ4v) is 0.204. The van der Waals surface area contributed by atoms with Crippen LogP contribution in [0.4, 0.5) is 0 Å². The Bertz CT molecular complexity index is 87.8. The molecule has 0 radical (unpaired) electrons. The maximum absolute atomic E-state index is 9.21. The molecule has 0 saturated carbocycles. The van der Waals surface area contributed by atoms with Crippen LogP contribution in [0.15, 0.2) is 0 Å². The van der Waals surface area contributed by atoms with Crippen LogP contribution in [0.2, 0.25) is 0 Å². The van der Waals surface area contributed by atoms with Crippen molar-refractivity contribution in [3.8, 4) is 0 Å². The summed E-state index contributed by atoms with van der Waals surface area (Å²) in [5.74, 6) is 0. The molecule has 0 aromatic heterocycles. The molecule has 0 aliphatic carbocycles. The molecular weight excluding hydrogens is 194 g/mol. The van der Waals surface area contributed by atoms with Crippen molar-refractivity contribution in [1.82, 2.24) is 0 Å². The molecule has 0 aliphatic heterocycles. The van der Waals surface area contributed by atoms with Gasteiger partial charge in [-0.25, -0.2) is 0 Å². The molecule has 0 aromatic rings. The first-order chi connectivity index (χ1) is 3.83. The molecule has 0 saturated heterocycles. The number of hydrogen-bond acceptors (Lipinski definition) is 5. The van der Waals surface area contributed by atoms with E-state index in [2.05, 4.69) is 2.84 Å². The summed E-state index contributed by atoms with van der Waals surface area (Å²) in [7, 11) is -1.42. The first kappa shape index (κ1) is 22.5. The first-order valence-corrected chi connectivity index (χ1v) is 4.05. The van der Waals surface area contributed by atoms with Crippen molar-refractivity contribution >= 4 is 40.3 Å². The van der Waals surface area contributed by atoms with E-state index in [1.54, 1.807) is 0 Å². The molecule has 0 aliphatic rings. The second kappa shape index (κ2) is 35.1. The SMILES string of the molecule is O.O.O=[Si]=O.[O]=[Al][O][Al]=[O]. The molecule has 0 bridgehead atoms. The van der Waals surface area contributed by atoms with Gasteiger partial charge in [-0.3, -0.25) is 8.92 Å². The third-order valence-electron chi connectivity index (χ3n) is 0.111. The molecule has 4 N–H and O–H groups in total. The zero-order valence-electron chi connectivity index (χ0n) is 4.70. The van der Waals surface area contributed by atoms with E-state index >= 15 is 0 Å². The summed E-state index contributed by atoms with van der Waals surface area (Å²) in [6, 6.07) is 0. The maximum atomic E-state index is 9.21. The molecule has 0 atom stereocenters. The van der Waals surface area contributed by atoms with Crippen LogP contribution >= 0.6 is 0 Å². The van der Waals surface area contributed by atoms with Gasteiger partial charge in [0.25, 0.3) is 0 Å². The average Bonchev–Trinajstić information content (AvgIpc) is 1.71. The third-order valence-corrected chi connectivity index (χ3v) is 1.00. The van der Waals surface area contributed by atoms with Crippen LogP contribution in [0.1, 0.15) is 0 Å². The summed E-state index contributed by atoms with van der Waals surface area (Å²) in [6.07, 6.45) is 0. The Kier molecular flexibility index (Phi) is 78.7. The Balaban J connectivity index is -0.0000000326. The molecule has 0 unspecified atom stereocenters. The van der Waals surface area contributed by atoms with Crippen molar-refractivity contribution in [2.45, 2.75) is 0 Å². The van der Waals surface area contributed by atoms with Crippen LogP contribution < -0.4 is 0 Å². The van der Waals surface area contributed by atoms with Gasteiger partial charge >= 0.3 is 50.7 Å². The summed E-state index contributed by atoms with van der Waals surface area (Å²) in [6.45, 7) is 0. The summed E-state index contributed by atoms with van der Waals surface area (Å²) in [5.41, 5.74) is 0. The van der Waals surface area contributed by atoms with Crippen LogP contribution in [0.3, 0.4) is 0 Å². The van der Waals surface area contributed by atoms with E-state index in [0.717, 1.165) is 0 Å². The Morgan fingerprint density at radius 2 is 1.20 bits per heavy atom. The second-order valence-corrected chi connectivity index (χ2v) is 2.05. The minimum atomic E-state index is -1.42. The monoisotopic (exact) mass is 198 g/mol.